The number of hydrogen-bond donors (Lipinski definition) is 4. The lowest BCUT2D eigenvalue weighted by Crippen LogP contribution is -2.50. The molecule has 0 spiro atoms. The summed E-state index contributed by atoms with van der Waals surface area (Å²) in [6.07, 6.45) is 1.30. The fourth-order valence-electron chi connectivity index (χ4n) is 0.908. The summed E-state index contributed by atoms with van der Waals surface area (Å²) in [5.74, 6) is -1.83. The maximum absolute atomic E-state index is 11.3. The van der Waals surface area contributed by atoms with Gasteiger partial charge in [0.25, 0.3) is 0 Å². The molecule has 0 rings (SSSR count). The van der Waals surface area contributed by atoms with Crippen LogP contribution in [0.1, 0.15) is 26.7 Å². The number of carbonyl (C=O) groups is 2. The summed E-state index contributed by atoms with van der Waals surface area (Å²) in [5, 5.41) is 20.2. The van der Waals surface area contributed by atoms with Crippen LogP contribution in [-0.4, -0.2) is 40.3 Å². The van der Waals surface area contributed by atoms with Crippen molar-refractivity contribution < 1.29 is 19.8 Å². The van der Waals surface area contributed by atoms with E-state index in [9.17, 15) is 14.7 Å². The van der Waals surface area contributed by atoms with Crippen LogP contribution < -0.4 is 11.1 Å². The summed E-state index contributed by atoms with van der Waals surface area (Å²) in [4.78, 5) is 21.8. The van der Waals surface area contributed by atoms with Crippen molar-refractivity contribution in [1.29, 1.82) is 0 Å². The number of amides is 1. The summed E-state index contributed by atoms with van der Waals surface area (Å²) in [6, 6.07) is -0.653. The highest BCUT2D eigenvalue weighted by atomic mass is 16.4. The molecule has 15 heavy (non-hydrogen) atoms. The van der Waals surface area contributed by atoms with E-state index in [4.69, 9.17) is 10.8 Å². The highest BCUT2D eigenvalue weighted by molar-refractivity contribution is 5.83. The monoisotopic (exact) mass is 218 g/mol. The normalized spacial score (nSPS) is 16.5. The number of hydrogen-bond acceptors (Lipinski definition) is 4. The van der Waals surface area contributed by atoms with Crippen LogP contribution in [-0.2, 0) is 9.59 Å². The molecule has 0 saturated carbocycles. The smallest absolute Gasteiger partial charge is 0.337 e. The van der Waals surface area contributed by atoms with Gasteiger partial charge in [-0.15, -0.1) is 0 Å². The summed E-state index contributed by atoms with van der Waals surface area (Å²) < 4.78 is 0. The van der Waals surface area contributed by atoms with Gasteiger partial charge in [-0.25, -0.2) is 4.79 Å². The van der Waals surface area contributed by atoms with E-state index in [1.54, 1.807) is 0 Å². The maximum Gasteiger partial charge on any atom is 0.337 e. The van der Waals surface area contributed by atoms with Crippen molar-refractivity contribution in [2.75, 3.05) is 6.54 Å². The van der Waals surface area contributed by atoms with Crippen molar-refractivity contribution in [3.63, 3.8) is 0 Å². The summed E-state index contributed by atoms with van der Waals surface area (Å²) in [7, 11) is 0. The van der Waals surface area contributed by atoms with Crippen molar-refractivity contribution in [2.24, 2.45) is 5.73 Å². The Balaban J connectivity index is 4.05. The van der Waals surface area contributed by atoms with E-state index in [0.29, 0.717) is 6.42 Å². The zero-order valence-corrected chi connectivity index (χ0v) is 8.99. The molecule has 0 aromatic carbocycles. The lowest BCUT2D eigenvalue weighted by molar-refractivity contribution is -0.156. The molecule has 6 nitrogen and oxygen atoms in total. The van der Waals surface area contributed by atoms with Crippen LogP contribution in [0, 0.1) is 0 Å². The number of aliphatic hydroxyl groups is 1. The second kappa shape index (κ2) is 5.67. The molecular formula is C9H18N2O4. The van der Waals surface area contributed by atoms with Gasteiger partial charge in [0, 0.05) is 0 Å². The molecule has 0 heterocycles. The largest absolute Gasteiger partial charge is 0.479 e. The third-order valence-corrected chi connectivity index (χ3v) is 2.00. The molecule has 0 radical (unpaired) electrons. The zero-order chi connectivity index (χ0) is 12.1. The molecule has 1 amide bonds. The number of nitrogens with two attached hydrogens (primary N) is 1. The molecule has 0 aliphatic heterocycles. The molecule has 0 fully saturated rings. The second-order valence-electron chi connectivity index (χ2n) is 3.69. The molecule has 5 N–H and O–H groups in total. The van der Waals surface area contributed by atoms with Gasteiger partial charge in [0.1, 0.15) is 0 Å². The number of carbonyl (C=O) groups excluding carboxylic acids is 1. The van der Waals surface area contributed by atoms with Crippen LogP contribution in [0.4, 0.5) is 0 Å². The topological polar surface area (TPSA) is 113 Å². The average molecular weight is 218 g/mol. The van der Waals surface area contributed by atoms with Gasteiger partial charge in [0.2, 0.25) is 5.91 Å². The third kappa shape index (κ3) is 4.75. The Hall–Kier alpha value is -1.14. The van der Waals surface area contributed by atoms with E-state index in [0.717, 1.165) is 13.3 Å². The number of nitrogens with one attached hydrogen (secondary N) is 1. The van der Waals surface area contributed by atoms with Crippen molar-refractivity contribution in [2.45, 2.75) is 38.3 Å². The van der Waals surface area contributed by atoms with E-state index in [1.165, 1.54) is 0 Å². The van der Waals surface area contributed by atoms with Crippen LogP contribution in [0.25, 0.3) is 0 Å². The predicted octanol–water partition coefficient (Wildman–Crippen LogP) is -0.934. The van der Waals surface area contributed by atoms with E-state index < -0.39 is 23.5 Å². The van der Waals surface area contributed by atoms with Crippen molar-refractivity contribution in [3.05, 3.63) is 0 Å². The first-order valence-electron chi connectivity index (χ1n) is 4.80. The van der Waals surface area contributed by atoms with Gasteiger partial charge in [0.15, 0.2) is 5.60 Å². The first kappa shape index (κ1) is 13.9. The molecule has 0 aliphatic carbocycles. The van der Waals surface area contributed by atoms with E-state index in [-0.39, 0.29) is 6.54 Å². The molecule has 6 heteroatoms. The molecule has 0 saturated heterocycles. The summed E-state index contributed by atoms with van der Waals surface area (Å²) in [5.41, 5.74) is 3.54. The quantitative estimate of drug-likeness (QED) is 0.460. The van der Waals surface area contributed by atoms with Gasteiger partial charge in [0.05, 0.1) is 12.6 Å². The zero-order valence-electron chi connectivity index (χ0n) is 8.99. The fourth-order valence-corrected chi connectivity index (χ4v) is 0.908. The SMILES string of the molecule is CCC[C@@H](N)C(=O)NCC(C)(O)C(=O)O. The second-order valence-corrected chi connectivity index (χ2v) is 3.69. The van der Waals surface area contributed by atoms with Crippen LogP contribution in [0.2, 0.25) is 0 Å². The Morgan fingerprint density at radius 1 is 1.53 bits per heavy atom. The van der Waals surface area contributed by atoms with Gasteiger partial charge in [-0.3, -0.25) is 4.79 Å². The highest BCUT2D eigenvalue weighted by Gasteiger charge is 2.30. The maximum atomic E-state index is 11.3. The average Bonchev–Trinajstić information content (AvgIpc) is 2.14. The van der Waals surface area contributed by atoms with Gasteiger partial charge < -0.3 is 21.3 Å². The fraction of sp³-hybridized carbons (Fsp3) is 0.778. The number of carboxylic acids is 1. The minimum absolute atomic E-state index is 0.349. The lowest BCUT2D eigenvalue weighted by Gasteiger charge is -2.19. The number of aliphatic carboxylic acids is 1. The third-order valence-electron chi connectivity index (χ3n) is 2.00. The summed E-state index contributed by atoms with van der Waals surface area (Å²) >= 11 is 0. The number of carboxylic acid groups (broad SMARTS) is 1. The molecule has 0 aromatic rings. The molecule has 1 unspecified atom stereocenters. The Morgan fingerprint density at radius 2 is 2.07 bits per heavy atom. The molecule has 2 atom stereocenters. The molecule has 0 aromatic heterocycles. The molecular weight excluding hydrogens is 200 g/mol. The van der Waals surface area contributed by atoms with Crippen molar-refractivity contribution in [3.8, 4) is 0 Å². The van der Waals surface area contributed by atoms with Crippen LogP contribution in [0.3, 0.4) is 0 Å². The molecule has 0 aliphatic rings. The van der Waals surface area contributed by atoms with Gasteiger partial charge in [-0.1, -0.05) is 13.3 Å². The van der Waals surface area contributed by atoms with E-state index in [1.807, 2.05) is 6.92 Å². The minimum atomic E-state index is -1.96. The molecule has 0 bridgehead atoms. The Kier molecular flexibility index (Phi) is 5.24. The number of rotatable bonds is 6. The first-order valence-corrected chi connectivity index (χ1v) is 4.80. The van der Waals surface area contributed by atoms with Crippen molar-refractivity contribution >= 4 is 11.9 Å². The van der Waals surface area contributed by atoms with Crippen molar-refractivity contribution in [1.82, 2.24) is 5.32 Å². The Bertz CT molecular complexity index is 240. The van der Waals surface area contributed by atoms with Crippen LogP contribution in [0.15, 0.2) is 0 Å². The van der Waals surface area contributed by atoms with Gasteiger partial charge in [-0.05, 0) is 13.3 Å². The first-order chi connectivity index (χ1) is 6.81. The predicted molar refractivity (Wildman–Crippen MR) is 54.2 cm³/mol. The highest BCUT2D eigenvalue weighted by Crippen LogP contribution is 2.01. The van der Waals surface area contributed by atoms with Crippen LogP contribution in [0.5, 0.6) is 0 Å². The molecule has 88 valence electrons. The van der Waals surface area contributed by atoms with Crippen LogP contribution >= 0.6 is 0 Å². The summed E-state index contributed by atoms with van der Waals surface area (Å²) in [6.45, 7) is 2.65. The minimum Gasteiger partial charge on any atom is -0.479 e. The van der Waals surface area contributed by atoms with E-state index >= 15 is 0 Å². The Morgan fingerprint density at radius 3 is 2.47 bits per heavy atom. The standard InChI is InChI=1S/C9H18N2O4/c1-3-4-6(10)7(12)11-5-9(2,15)8(13)14/h6,15H,3-5,10H2,1-2H3,(H,11,12)(H,13,14)/t6-,9?/m1/s1. The lowest BCUT2D eigenvalue weighted by atomic mass is 10.1. The van der Waals surface area contributed by atoms with Gasteiger partial charge in [-0.2, -0.15) is 0 Å². The van der Waals surface area contributed by atoms with Gasteiger partial charge >= 0.3 is 5.97 Å². The van der Waals surface area contributed by atoms with E-state index in [2.05, 4.69) is 5.32 Å². The Labute approximate surface area is 88.5 Å².